The van der Waals surface area contributed by atoms with Gasteiger partial charge in [0, 0.05) is 52.2 Å². The van der Waals surface area contributed by atoms with Gasteiger partial charge in [0.2, 0.25) is 5.95 Å². The first-order valence-electron chi connectivity index (χ1n) is 9.00. The van der Waals surface area contributed by atoms with Crippen molar-refractivity contribution in [2.24, 2.45) is 0 Å². The van der Waals surface area contributed by atoms with Gasteiger partial charge in [0.1, 0.15) is 0 Å². The van der Waals surface area contributed by atoms with Gasteiger partial charge in [-0.25, -0.2) is 9.97 Å². The molecule has 26 heavy (non-hydrogen) atoms. The molecule has 1 saturated heterocycles. The van der Waals surface area contributed by atoms with E-state index in [0.717, 1.165) is 18.8 Å². The summed E-state index contributed by atoms with van der Waals surface area (Å²) in [5.41, 5.74) is 5.21. The number of piperazine rings is 1. The molecule has 2 heterocycles. The fourth-order valence-electron chi connectivity index (χ4n) is 3.28. The summed E-state index contributed by atoms with van der Waals surface area (Å²) < 4.78 is 0. The van der Waals surface area contributed by atoms with Crippen LogP contribution in [0.3, 0.4) is 0 Å². The Bertz CT molecular complexity index is 810. The SMILES string of the molecule is Cc1cccc(N2CCN(C(=O)c3cnc(N(C)C)nc3C)CC2)c1C. The van der Waals surface area contributed by atoms with Crippen molar-refractivity contribution in [2.75, 3.05) is 50.1 Å². The highest BCUT2D eigenvalue weighted by Gasteiger charge is 2.25. The lowest BCUT2D eigenvalue weighted by molar-refractivity contribution is 0.0745. The number of carbonyl (C=O) groups is 1. The van der Waals surface area contributed by atoms with Crippen molar-refractivity contribution in [2.45, 2.75) is 20.8 Å². The molecule has 1 fully saturated rings. The molecule has 1 aromatic carbocycles. The van der Waals surface area contributed by atoms with Crippen LogP contribution >= 0.6 is 0 Å². The maximum absolute atomic E-state index is 12.9. The van der Waals surface area contributed by atoms with Gasteiger partial charge in [-0.2, -0.15) is 0 Å². The number of benzene rings is 1. The van der Waals surface area contributed by atoms with Crippen molar-refractivity contribution < 1.29 is 4.79 Å². The Labute approximate surface area is 155 Å². The lowest BCUT2D eigenvalue weighted by Gasteiger charge is -2.37. The fraction of sp³-hybridized carbons (Fsp3) is 0.450. The highest BCUT2D eigenvalue weighted by Crippen LogP contribution is 2.24. The molecule has 1 aliphatic heterocycles. The zero-order chi connectivity index (χ0) is 18.8. The first-order chi connectivity index (χ1) is 12.4. The van der Waals surface area contributed by atoms with E-state index in [4.69, 9.17) is 0 Å². The van der Waals surface area contributed by atoms with Crippen LogP contribution in [0.4, 0.5) is 11.6 Å². The average molecular weight is 353 g/mol. The Hall–Kier alpha value is -2.63. The number of hydrogen-bond donors (Lipinski definition) is 0. The summed E-state index contributed by atoms with van der Waals surface area (Å²) in [7, 11) is 3.78. The van der Waals surface area contributed by atoms with Gasteiger partial charge in [0.05, 0.1) is 11.3 Å². The third-order valence-electron chi connectivity index (χ3n) is 5.08. The van der Waals surface area contributed by atoms with Crippen molar-refractivity contribution in [3.63, 3.8) is 0 Å². The van der Waals surface area contributed by atoms with E-state index in [0.29, 0.717) is 24.6 Å². The summed E-state index contributed by atoms with van der Waals surface area (Å²) in [6, 6.07) is 6.40. The number of hydrogen-bond acceptors (Lipinski definition) is 5. The van der Waals surface area contributed by atoms with Gasteiger partial charge in [-0.3, -0.25) is 4.79 Å². The minimum atomic E-state index is 0.0217. The van der Waals surface area contributed by atoms with E-state index in [2.05, 4.69) is 46.9 Å². The van der Waals surface area contributed by atoms with Crippen LogP contribution in [-0.4, -0.2) is 61.0 Å². The Kier molecular flexibility index (Phi) is 5.11. The molecule has 1 aromatic heterocycles. The van der Waals surface area contributed by atoms with Crippen molar-refractivity contribution in [1.82, 2.24) is 14.9 Å². The summed E-state index contributed by atoms with van der Waals surface area (Å²) in [5, 5.41) is 0. The quantitative estimate of drug-likeness (QED) is 0.848. The second-order valence-electron chi connectivity index (χ2n) is 7.06. The molecule has 3 rings (SSSR count). The summed E-state index contributed by atoms with van der Waals surface area (Å²) >= 11 is 0. The van der Waals surface area contributed by atoms with Crippen molar-refractivity contribution in [3.05, 3.63) is 46.8 Å². The van der Waals surface area contributed by atoms with Gasteiger partial charge in [-0.1, -0.05) is 12.1 Å². The van der Waals surface area contributed by atoms with Gasteiger partial charge < -0.3 is 14.7 Å². The Morgan fingerprint density at radius 1 is 1.08 bits per heavy atom. The summed E-state index contributed by atoms with van der Waals surface area (Å²) in [4.78, 5) is 27.7. The van der Waals surface area contributed by atoms with Crippen LogP contribution in [0.15, 0.2) is 24.4 Å². The third kappa shape index (κ3) is 3.49. The van der Waals surface area contributed by atoms with Crippen molar-refractivity contribution in [3.8, 4) is 0 Å². The molecular formula is C20H27N5O. The zero-order valence-corrected chi connectivity index (χ0v) is 16.3. The first kappa shape index (κ1) is 18.2. The number of aryl methyl sites for hydroxylation is 2. The van der Waals surface area contributed by atoms with Gasteiger partial charge >= 0.3 is 0 Å². The van der Waals surface area contributed by atoms with Gasteiger partial charge in [-0.05, 0) is 38.0 Å². The number of anilines is 2. The molecule has 1 aliphatic rings. The molecule has 0 unspecified atom stereocenters. The van der Waals surface area contributed by atoms with Gasteiger partial charge in [0.25, 0.3) is 5.91 Å². The van der Waals surface area contributed by atoms with E-state index < -0.39 is 0 Å². The smallest absolute Gasteiger partial charge is 0.257 e. The number of amides is 1. The second-order valence-corrected chi connectivity index (χ2v) is 7.06. The fourth-order valence-corrected chi connectivity index (χ4v) is 3.28. The van der Waals surface area contributed by atoms with E-state index in [1.165, 1.54) is 16.8 Å². The minimum Gasteiger partial charge on any atom is -0.368 e. The molecule has 6 heteroatoms. The molecule has 0 N–H and O–H groups in total. The van der Waals surface area contributed by atoms with E-state index in [9.17, 15) is 4.79 Å². The maximum Gasteiger partial charge on any atom is 0.257 e. The normalized spacial score (nSPS) is 14.5. The average Bonchev–Trinajstić information content (AvgIpc) is 2.63. The lowest BCUT2D eigenvalue weighted by Crippen LogP contribution is -2.49. The number of aromatic nitrogens is 2. The lowest BCUT2D eigenvalue weighted by atomic mass is 10.1. The molecule has 0 radical (unpaired) electrons. The van der Waals surface area contributed by atoms with E-state index in [1.54, 1.807) is 6.20 Å². The van der Waals surface area contributed by atoms with Gasteiger partial charge in [-0.15, -0.1) is 0 Å². The summed E-state index contributed by atoms with van der Waals surface area (Å²) in [6.45, 7) is 9.27. The van der Waals surface area contributed by atoms with Crippen LogP contribution in [0.1, 0.15) is 27.2 Å². The monoisotopic (exact) mass is 353 g/mol. The minimum absolute atomic E-state index is 0.0217. The van der Waals surface area contributed by atoms with E-state index in [-0.39, 0.29) is 5.91 Å². The molecule has 2 aromatic rings. The summed E-state index contributed by atoms with van der Waals surface area (Å²) in [6.07, 6.45) is 1.65. The van der Waals surface area contributed by atoms with Crippen LogP contribution in [0, 0.1) is 20.8 Å². The molecule has 6 nitrogen and oxygen atoms in total. The number of carbonyl (C=O) groups excluding carboxylic acids is 1. The predicted octanol–water partition coefficient (Wildman–Crippen LogP) is 2.43. The number of nitrogens with zero attached hydrogens (tertiary/aromatic N) is 5. The highest BCUT2D eigenvalue weighted by atomic mass is 16.2. The predicted molar refractivity (Wildman–Crippen MR) is 105 cm³/mol. The highest BCUT2D eigenvalue weighted by molar-refractivity contribution is 5.95. The Morgan fingerprint density at radius 2 is 1.77 bits per heavy atom. The van der Waals surface area contributed by atoms with Crippen LogP contribution in [0.5, 0.6) is 0 Å². The standard InChI is InChI=1S/C20H27N5O/c1-14-7-6-8-18(15(14)2)24-9-11-25(12-10-24)19(26)17-13-21-20(23(4)5)22-16(17)3/h6-8,13H,9-12H2,1-5H3. The topological polar surface area (TPSA) is 52.6 Å². The van der Waals surface area contributed by atoms with Crippen molar-refractivity contribution in [1.29, 1.82) is 0 Å². The van der Waals surface area contributed by atoms with Crippen molar-refractivity contribution >= 4 is 17.5 Å². The Morgan fingerprint density at radius 3 is 2.38 bits per heavy atom. The molecule has 0 bridgehead atoms. The summed E-state index contributed by atoms with van der Waals surface area (Å²) in [5.74, 6) is 0.646. The molecule has 0 aliphatic carbocycles. The number of rotatable bonds is 3. The third-order valence-corrected chi connectivity index (χ3v) is 5.08. The van der Waals surface area contributed by atoms with Crippen LogP contribution < -0.4 is 9.80 Å². The van der Waals surface area contributed by atoms with Gasteiger partial charge in [0.15, 0.2) is 0 Å². The van der Waals surface area contributed by atoms with E-state index >= 15 is 0 Å². The molecule has 0 spiro atoms. The zero-order valence-electron chi connectivity index (χ0n) is 16.3. The van der Waals surface area contributed by atoms with Crippen LogP contribution in [0.25, 0.3) is 0 Å². The Balaban J connectivity index is 1.70. The largest absolute Gasteiger partial charge is 0.368 e. The molecule has 138 valence electrons. The second kappa shape index (κ2) is 7.32. The molecular weight excluding hydrogens is 326 g/mol. The first-order valence-corrected chi connectivity index (χ1v) is 9.00. The van der Waals surface area contributed by atoms with E-state index in [1.807, 2.05) is 30.8 Å². The molecule has 0 saturated carbocycles. The maximum atomic E-state index is 12.9. The molecule has 0 atom stereocenters. The van der Waals surface area contributed by atoms with Crippen LogP contribution in [0.2, 0.25) is 0 Å². The van der Waals surface area contributed by atoms with Crippen LogP contribution in [-0.2, 0) is 0 Å². The molecule has 1 amide bonds.